The standard InChI is InChI=1S/C19H18F2O5S/c1-11-7-13(8-12(2)16(11)22)9-25-17(23)15-6-4-3-5-14(15)10-26-18(24)19(20,21)27/h3-8,22,27H,9-10H2,1-2H3. The van der Waals surface area contributed by atoms with Crippen LogP contribution in [0.4, 0.5) is 8.78 Å². The number of aromatic hydroxyl groups is 1. The van der Waals surface area contributed by atoms with Gasteiger partial charge in [-0.1, -0.05) is 30.8 Å². The summed E-state index contributed by atoms with van der Waals surface area (Å²) in [6.45, 7) is 2.91. The first kappa shape index (κ1) is 20.7. The number of alkyl halides is 2. The van der Waals surface area contributed by atoms with Gasteiger partial charge in [0.2, 0.25) is 0 Å². The van der Waals surface area contributed by atoms with Crippen molar-refractivity contribution in [2.45, 2.75) is 32.3 Å². The molecule has 2 rings (SSSR count). The van der Waals surface area contributed by atoms with Gasteiger partial charge in [-0.05, 0) is 48.7 Å². The van der Waals surface area contributed by atoms with Crippen molar-refractivity contribution in [3.63, 3.8) is 0 Å². The Morgan fingerprint density at radius 1 is 1.07 bits per heavy atom. The van der Waals surface area contributed by atoms with Gasteiger partial charge in [0.05, 0.1) is 5.56 Å². The highest BCUT2D eigenvalue weighted by molar-refractivity contribution is 7.82. The minimum Gasteiger partial charge on any atom is -0.507 e. The van der Waals surface area contributed by atoms with Crippen LogP contribution < -0.4 is 0 Å². The van der Waals surface area contributed by atoms with E-state index in [0.717, 1.165) is 0 Å². The van der Waals surface area contributed by atoms with E-state index in [4.69, 9.17) is 4.74 Å². The Bertz CT molecular complexity index is 838. The number of carbonyl (C=O) groups excluding carboxylic acids is 2. The highest BCUT2D eigenvalue weighted by atomic mass is 32.1. The molecule has 0 aromatic heterocycles. The molecule has 0 radical (unpaired) electrons. The van der Waals surface area contributed by atoms with Crippen LogP contribution in [0.1, 0.15) is 32.6 Å². The third-order valence-electron chi connectivity index (χ3n) is 3.76. The Kier molecular flexibility index (Phi) is 6.43. The Hall–Kier alpha value is -2.61. The number of hydrogen-bond acceptors (Lipinski definition) is 6. The lowest BCUT2D eigenvalue weighted by Gasteiger charge is -2.13. The highest BCUT2D eigenvalue weighted by Gasteiger charge is 2.36. The van der Waals surface area contributed by atoms with Gasteiger partial charge < -0.3 is 14.6 Å². The molecule has 0 aliphatic heterocycles. The van der Waals surface area contributed by atoms with Crippen LogP contribution in [-0.4, -0.2) is 22.3 Å². The molecule has 1 N–H and O–H groups in total. The van der Waals surface area contributed by atoms with Crippen molar-refractivity contribution in [1.82, 2.24) is 0 Å². The van der Waals surface area contributed by atoms with Crippen molar-refractivity contribution >= 4 is 24.6 Å². The molecule has 0 bridgehead atoms. The predicted octanol–water partition coefficient (Wildman–Crippen LogP) is 3.93. The van der Waals surface area contributed by atoms with Gasteiger partial charge >= 0.3 is 17.2 Å². The Morgan fingerprint density at radius 3 is 2.26 bits per heavy atom. The number of thiol groups is 1. The third kappa shape index (κ3) is 5.43. The molecule has 0 fully saturated rings. The van der Waals surface area contributed by atoms with Crippen molar-refractivity contribution in [2.75, 3.05) is 0 Å². The lowest BCUT2D eigenvalue weighted by atomic mass is 10.1. The second kappa shape index (κ2) is 8.39. The molecule has 27 heavy (non-hydrogen) atoms. The van der Waals surface area contributed by atoms with E-state index in [9.17, 15) is 23.5 Å². The summed E-state index contributed by atoms with van der Waals surface area (Å²) in [5, 5.41) is 5.86. The molecule has 5 nitrogen and oxygen atoms in total. The van der Waals surface area contributed by atoms with E-state index in [1.165, 1.54) is 12.1 Å². The van der Waals surface area contributed by atoms with Crippen molar-refractivity contribution in [2.24, 2.45) is 0 Å². The van der Waals surface area contributed by atoms with Crippen molar-refractivity contribution < 1.29 is 33.0 Å². The minimum absolute atomic E-state index is 0.0381. The quantitative estimate of drug-likeness (QED) is 0.572. The van der Waals surface area contributed by atoms with Crippen LogP contribution in [0.25, 0.3) is 0 Å². The van der Waals surface area contributed by atoms with Gasteiger partial charge in [-0.25, -0.2) is 9.59 Å². The van der Waals surface area contributed by atoms with Crippen molar-refractivity contribution in [3.8, 4) is 5.75 Å². The number of carbonyl (C=O) groups is 2. The van der Waals surface area contributed by atoms with Gasteiger partial charge in [0.1, 0.15) is 19.0 Å². The lowest BCUT2D eigenvalue weighted by Crippen LogP contribution is -2.24. The average Bonchev–Trinajstić information content (AvgIpc) is 2.61. The van der Waals surface area contributed by atoms with E-state index in [1.54, 1.807) is 38.1 Å². The van der Waals surface area contributed by atoms with Gasteiger partial charge in [-0.15, -0.1) is 0 Å². The third-order valence-corrected chi connectivity index (χ3v) is 3.94. The second-order valence-electron chi connectivity index (χ2n) is 5.93. The number of hydrogen-bond donors (Lipinski definition) is 2. The zero-order chi connectivity index (χ0) is 20.2. The van der Waals surface area contributed by atoms with Crippen LogP contribution in [0.15, 0.2) is 36.4 Å². The van der Waals surface area contributed by atoms with E-state index >= 15 is 0 Å². The van der Waals surface area contributed by atoms with Gasteiger partial charge in [0.15, 0.2) is 0 Å². The van der Waals surface area contributed by atoms with Gasteiger partial charge in [-0.3, -0.25) is 0 Å². The Balaban J connectivity index is 2.07. The van der Waals surface area contributed by atoms with Crippen LogP contribution in [0, 0.1) is 13.8 Å². The molecule has 0 atom stereocenters. The first-order chi connectivity index (χ1) is 12.6. The summed E-state index contributed by atoms with van der Waals surface area (Å²) < 4.78 is 35.3. The van der Waals surface area contributed by atoms with Gasteiger partial charge in [-0.2, -0.15) is 8.78 Å². The first-order valence-corrected chi connectivity index (χ1v) is 8.36. The number of rotatable bonds is 6. The molecule has 8 heteroatoms. The van der Waals surface area contributed by atoms with E-state index in [-0.39, 0.29) is 23.5 Å². The molecular weight excluding hydrogens is 378 g/mol. The molecule has 0 heterocycles. The van der Waals surface area contributed by atoms with E-state index < -0.39 is 23.8 Å². The largest absolute Gasteiger partial charge is 0.507 e. The fourth-order valence-electron chi connectivity index (χ4n) is 2.43. The molecule has 0 amide bonds. The molecule has 0 aliphatic rings. The van der Waals surface area contributed by atoms with E-state index in [2.05, 4.69) is 17.4 Å². The number of phenols is 1. The summed E-state index contributed by atoms with van der Waals surface area (Å²) in [4.78, 5) is 23.5. The molecule has 0 saturated heterocycles. The average molecular weight is 396 g/mol. The first-order valence-electron chi connectivity index (χ1n) is 7.91. The van der Waals surface area contributed by atoms with E-state index in [1.807, 2.05) is 0 Å². The Morgan fingerprint density at radius 2 is 1.67 bits per heavy atom. The summed E-state index contributed by atoms with van der Waals surface area (Å²) in [6.07, 6.45) is 0. The summed E-state index contributed by atoms with van der Waals surface area (Å²) in [5.74, 6) is -2.31. The molecule has 144 valence electrons. The van der Waals surface area contributed by atoms with Crippen molar-refractivity contribution in [3.05, 3.63) is 64.2 Å². The smallest absolute Gasteiger partial charge is 0.388 e. The number of phenolic OH excluding ortho intramolecular Hbond substituents is 1. The van der Waals surface area contributed by atoms with Crippen molar-refractivity contribution in [1.29, 1.82) is 0 Å². The number of aryl methyl sites for hydroxylation is 2. The number of halogens is 2. The zero-order valence-corrected chi connectivity index (χ0v) is 15.6. The predicted molar refractivity (Wildman–Crippen MR) is 96.9 cm³/mol. The molecule has 0 spiro atoms. The maximum atomic E-state index is 12.8. The number of esters is 2. The van der Waals surface area contributed by atoms with Crippen LogP contribution >= 0.6 is 12.6 Å². The summed E-state index contributed by atoms with van der Waals surface area (Å²) in [6, 6.07) is 9.44. The van der Waals surface area contributed by atoms with Crippen LogP contribution in [-0.2, 0) is 27.5 Å². The second-order valence-corrected chi connectivity index (χ2v) is 6.49. The van der Waals surface area contributed by atoms with Crippen LogP contribution in [0.5, 0.6) is 5.75 Å². The Labute approximate surface area is 160 Å². The maximum Gasteiger partial charge on any atom is 0.388 e. The molecule has 0 unspecified atom stereocenters. The SMILES string of the molecule is Cc1cc(COC(=O)c2ccccc2COC(=O)C(F)(F)S)cc(C)c1O. The zero-order valence-electron chi connectivity index (χ0n) is 14.7. The molecular formula is C19H18F2O5S. The maximum absolute atomic E-state index is 12.8. The van der Waals surface area contributed by atoms with Crippen LogP contribution in [0.3, 0.4) is 0 Å². The highest BCUT2D eigenvalue weighted by Crippen LogP contribution is 2.24. The number of ether oxygens (including phenoxy) is 2. The molecule has 2 aromatic rings. The summed E-state index contributed by atoms with van der Waals surface area (Å²) in [5.41, 5.74) is 2.32. The summed E-state index contributed by atoms with van der Waals surface area (Å²) >= 11 is 2.84. The fourth-order valence-corrected chi connectivity index (χ4v) is 2.50. The molecule has 0 saturated carbocycles. The molecule has 0 aliphatic carbocycles. The summed E-state index contributed by atoms with van der Waals surface area (Å²) in [7, 11) is 0. The van der Waals surface area contributed by atoms with E-state index in [0.29, 0.717) is 16.7 Å². The topological polar surface area (TPSA) is 72.8 Å². The van der Waals surface area contributed by atoms with Gasteiger partial charge in [0.25, 0.3) is 0 Å². The minimum atomic E-state index is -3.91. The lowest BCUT2D eigenvalue weighted by molar-refractivity contribution is -0.161. The fraction of sp³-hybridized carbons (Fsp3) is 0.263. The molecule has 2 aromatic carbocycles. The van der Waals surface area contributed by atoms with Gasteiger partial charge in [0, 0.05) is 5.56 Å². The monoisotopic (exact) mass is 396 g/mol. The normalized spacial score (nSPS) is 11.1. The van der Waals surface area contributed by atoms with Crippen LogP contribution in [0.2, 0.25) is 0 Å². The number of benzene rings is 2.